The monoisotopic (exact) mass is 388 g/mol. The van der Waals surface area contributed by atoms with Crippen molar-refractivity contribution in [1.29, 1.82) is 0 Å². The zero-order valence-electron chi connectivity index (χ0n) is 14.4. The minimum Gasteiger partial charge on any atom is -0.326 e. The van der Waals surface area contributed by atoms with Crippen molar-refractivity contribution in [3.63, 3.8) is 0 Å². The molecule has 0 bridgehead atoms. The average molecular weight is 388 g/mol. The van der Waals surface area contributed by atoms with E-state index in [1.165, 1.54) is 31.2 Å². The van der Waals surface area contributed by atoms with Gasteiger partial charge in [-0.3, -0.25) is 19.1 Å². The van der Waals surface area contributed by atoms with Crippen molar-refractivity contribution in [2.75, 3.05) is 10.0 Å². The normalized spacial score (nSPS) is 11.3. The summed E-state index contributed by atoms with van der Waals surface area (Å²) in [5.74, 6) is -0.234. The molecule has 0 spiro atoms. The first kappa shape index (κ1) is 18.4. The van der Waals surface area contributed by atoms with Gasteiger partial charge in [-0.25, -0.2) is 8.42 Å². The Morgan fingerprint density at radius 3 is 2.00 bits per heavy atom. The van der Waals surface area contributed by atoms with Crippen LogP contribution in [0.3, 0.4) is 0 Å². The maximum absolute atomic E-state index is 12.7. The van der Waals surface area contributed by atoms with E-state index in [4.69, 9.17) is 0 Å². The Balaban J connectivity index is 1.98. The highest BCUT2D eigenvalue weighted by Gasteiger charge is 2.18. The fourth-order valence-corrected chi connectivity index (χ4v) is 3.89. The lowest BCUT2D eigenvalue weighted by Gasteiger charge is -2.12. The number of benzene rings is 2. The van der Waals surface area contributed by atoms with Crippen LogP contribution in [0.15, 0.2) is 50.9 Å². The minimum atomic E-state index is -3.95. The predicted molar refractivity (Wildman–Crippen MR) is 101 cm³/mol. The zero-order valence-corrected chi connectivity index (χ0v) is 15.2. The van der Waals surface area contributed by atoms with Gasteiger partial charge >= 0.3 is 11.1 Å². The molecule has 1 heterocycles. The van der Waals surface area contributed by atoms with Crippen molar-refractivity contribution in [3.05, 3.63) is 62.7 Å². The van der Waals surface area contributed by atoms with Crippen molar-refractivity contribution in [2.24, 2.45) is 0 Å². The van der Waals surface area contributed by atoms with Gasteiger partial charge in [-0.05, 0) is 48.9 Å². The molecule has 0 atom stereocenters. The summed E-state index contributed by atoms with van der Waals surface area (Å²) in [7, 11) is -3.95. The van der Waals surface area contributed by atoms with Gasteiger partial charge in [-0.1, -0.05) is 0 Å². The van der Waals surface area contributed by atoms with Crippen LogP contribution in [0.25, 0.3) is 11.0 Å². The molecule has 9 nitrogen and oxygen atoms in total. The number of aromatic nitrogens is 2. The molecule has 0 aliphatic rings. The van der Waals surface area contributed by atoms with Crippen molar-refractivity contribution in [3.8, 4) is 0 Å². The number of H-pyrrole nitrogens is 2. The molecule has 0 unspecified atom stereocenters. The number of amides is 1. The number of anilines is 2. The van der Waals surface area contributed by atoms with Gasteiger partial charge in [0.05, 0.1) is 15.9 Å². The number of nitrogens with one attached hydrogen (secondary N) is 4. The number of fused-ring (bicyclic) bond motifs is 1. The van der Waals surface area contributed by atoms with Crippen molar-refractivity contribution in [1.82, 2.24) is 9.97 Å². The smallest absolute Gasteiger partial charge is 0.314 e. The topological polar surface area (TPSA) is 141 Å². The Kier molecular flexibility index (Phi) is 4.58. The first-order valence-electron chi connectivity index (χ1n) is 7.83. The summed E-state index contributed by atoms with van der Waals surface area (Å²) in [6.07, 6.45) is 0. The van der Waals surface area contributed by atoms with Crippen LogP contribution >= 0.6 is 0 Å². The quantitative estimate of drug-likeness (QED) is 0.498. The first-order valence-corrected chi connectivity index (χ1v) is 9.31. The van der Waals surface area contributed by atoms with Crippen LogP contribution in [-0.4, -0.2) is 24.3 Å². The van der Waals surface area contributed by atoms with E-state index < -0.39 is 21.1 Å². The molecule has 0 saturated heterocycles. The second-order valence-electron chi connectivity index (χ2n) is 5.94. The van der Waals surface area contributed by atoms with E-state index in [0.29, 0.717) is 22.5 Å². The molecule has 1 aromatic heterocycles. The molecule has 2 aromatic carbocycles. The van der Waals surface area contributed by atoms with E-state index in [1.807, 2.05) is 0 Å². The molecule has 4 N–H and O–H groups in total. The molecule has 0 aliphatic heterocycles. The van der Waals surface area contributed by atoms with Crippen molar-refractivity contribution >= 4 is 38.3 Å². The highest BCUT2D eigenvalue weighted by Crippen LogP contribution is 2.23. The van der Waals surface area contributed by atoms with E-state index in [9.17, 15) is 22.8 Å². The number of rotatable bonds is 4. The Hall–Kier alpha value is -3.40. The van der Waals surface area contributed by atoms with Gasteiger partial charge in [0, 0.05) is 18.3 Å². The number of aryl methyl sites for hydroxylation is 1. The SMILES string of the molecule is CC(=O)Nc1ccc(NS(=O)(=O)c2cc3[nH]c(=O)c(=O)[nH]c3cc2C)cc1. The third kappa shape index (κ3) is 3.90. The lowest BCUT2D eigenvalue weighted by molar-refractivity contribution is -0.114. The third-order valence-electron chi connectivity index (χ3n) is 3.76. The van der Waals surface area contributed by atoms with Crippen LogP contribution in [-0.2, 0) is 14.8 Å². The van der Waals surface area contributed by atoms with Crippen molar-refractivity contribution < 1.29 is 13.2 Å². The fourth-order valence-electron chi connectivity index (χ4n) is 2.58. The number of sulfonamides is 1. The summed E-state index contributed by atoms with van der Waals surface area (Å²) in [6.45, 7) is 2.95. The number of aromatic amines is 2. The summed E-state index contributed by atoms with van der Waals surface area (Å²) in [6, 6.07) is 8.91. The van der Waals surface area contributed by atoms with Crippen LogP contribution in [0.1, 0.15) is 12.5 Å². The minimum absolute atomic E-state index is 0.0383. The number of carbonyl (C=O) groups is 1. The molecular formula is C17H16N4O5S. The molecule has 27 heavy (non-hydrogen) atoms. The summed E-state index contributed by atoms with van der Waals surface area (Å²) >= 11 is 0. The number of carbonyl (C=O) groups excluding carboxylic acids is 1. The molecule has 1 amide bonds. The second kappa shape index (κ2) is 6.72. The first-order chi connectivity index (χ1) is 12.7. The second-order valence-corrected chi connectivity index (χ2v) is 7.59. The van der Waals surface area contributed by atoms with Crippen LogP contribution in [0.2, 0.25) is 0 Å². The predicted octanol–water partition coefficient (Wildman–Crippen LogP) is 1.28. The van der Waals surface area contributed by atoms with E-state index in [-0.39, 0.29) is 16.3 Å². The maximum atomic E-state index is 12.7. The molecule has 3 rings (SSSR count). The molecule has 0 aliphatic carbocycles. The standard InChI is InChI=1S/C17H16N4O5S/c1-9-7-13-14(20-17(24)16(23)19-13)8-15(9)27(25,26)21-12-5-3-11(4-6-12)18-10(2)22/h3-8,21H,1-2H3,(H,18,22)(H,19,23)(H,20,24). The number of hydrogen-bond donors (Lipinski definition) is 4. The van der Waals surface area contributed by atoms with Crippen LogP contribution in [0, 0.1) is 6.92 Å². The zero-order chi connectivity index (χ0) is 19.8. The van der Waals surface area contributed by atoms with Gasteiger partial charge in [0.15, 0.2) is 0 Å². The average Bonchev–Trinajstić information content (AvgIpc) is 2.57. The van der Waals surface area contributed by atoms with Gasteiger partial charge < -0.3 is 15.3 Å². The van der Waals surface area contributed by atoms with E-state index in [0.717, 1.165) is 0 Å². The van der Waals surface area contributed by atoms with Crippen LogP contribution < -0.4 is 21.2 Å². The van der Waals surface area contributed by atoms with Crippen LogP contribution in [0.4, 0.5) is 11.4 Å². The molecule has 10 heteroatoms. The van der Waals surface area contributed by atoms with E-state index in [2.05, 4.69) is 20.0 Å². The summed E-state index contributed by atoms with van der Waals surface area (Å²) < 4.78 is 27.9. The van der Waals surface area contributed by atoms with E-state index in [1.54, 1.807) is 19.1 Å². The van der Waals surface area contributed by atoms with Gasteiger partial charge in [0.2, 0.25) is 5.91 Å². The lowest BCUT2D eigenvalue weighted by atomic mass is 10.2. The molecule has 140 valence electrons. The molecule has 3 aromatic rings. The summed E-state index contributed by atoms with van der Waals surface area (Å²) in [4.78, 5) is 38.6. The molecule has 0 saturated carbocycles. The molecule has 0 fully saturated rings. The highest BCUT2D eigenvalue weighted by atomic mass is 32.2. The maximum Gasteiger partial charge on any atom is 0.314 e. The third-order valence-corrected chi connectivity index (χ3v) is 5.29. The molecule has 0 radical (unpaired) electrons. The fraction of sp³-hybridized carbons (Fsp3) is 0.118. The summed E-state index contributed by atoms with van der Waals surface area (Å²) in [5, 5.41) is 2.59. The Morgan fingerprint density at radius 1 is 0.926 bits per heavy atom. The Morgan fingerprint density at radius 2 is 1.44 bits per heavy atom. The van der Waals surface area contributed by atoms with Gasteiger partial charge in [-0.2, -0.15) is 0 Å². The van der Waals surface area contributed by atoms with E-state index >= 15 is 0 Å². The lowest BCUT2D eigenvalue weighted by Crippen LogP contribution is -2.29. The Bertz CT molecular complexity index is 1260. The summed E-state index contributed by atoms with van der Waals surface area (Å²) in [5.41, 5.74) is 0.0911. The number of hydrogen-bond acceptors (Lipinski definition) is 5. The van der Waals surface area contributed by atoms with Gasteiger partial charge in [0.25, 0.3) is 10.0 Å². The van der Waals surface area contributed by atoms with Gasteiger partial charge in [0.1, 0.15) is 0 Å². The Labute approximate surface area is 153 Å². The largest absolute Gasteiger partial charge is 0.326 e. The van der Waals surface area contributed by atoms with Crippen molar-refractivity contribution in [2.45, 2.75) is 18.7 Å². The van der Waals surface area contributed by atoms with Gasteiger partial charge in [-0.15, -0.1) is 0 Å². The molecular weight excluding hydrogens is 372 g/mol. The van der Waals surface area contributed by atoms with Crippen LogP contribution in [0.5, 0.6) is 0 Å². The highest BCUT2D eigenvalue weighted by molar-refractivity contribution is 7.92.